The van der Waals surface area contributed by atoms with Gasteiger partial charge in [-0.2, -0.15) is 0 Å². The van der Waals surface area contributed by atoms with E-state index in [1.807, 2.05) is 0 Å². The number of hydrogen-bond acceptors (Lipinski definition) is 16. The van der Waals surface area contributed by atoms with Crippen LogP contribution in [0.5, 0.6) is 0 Å². The fourth-order valence-electron chi connectivity index (χ4n) is 11.7. The summed E-state index contributed by atoms with van der Waals surface area (Å²) in [6.45, 7) is 10.6. The van der Waals surface area contributed by atoms with Gasteiger partial charge in [-0.3, -0.25) is 38.7 Å². The number of amides is 8. The van der Waals surface area contributed by atoms with Gasteiger partial charge in [-0.05, 0) is 140 Å². The molecule has 4 aliphatic heterocycles. The molecule has 30 heteroatoms. The van der Waals surface area contributed by atoms with Gasteiger partial charge in [0, 0.05) is 87.0 Å². The van der Waals surface area contributed by atoms with Crippen molar-refractivity contribution in [1.82, 2.24) is 41.0 Å². The van der Waals surface area contributed by atoms with Gasteiger partial charge >= 0.3 is 43.0 Å². The molecule has 2 aromatic carbocycles. The van der Waals surface area contributed by atoms with Crippen LogP contribution in [0.2, 0.25) is 20.1 Å². The summed E-state index contributed by atoms with van der Waals surface area (Å²) in [6, 6.07) is 9.20. The number of alkyl carbamates (subject to hydrolysis) is 2. The standard InChI is InChI=1S/C32H39Cl2N5O7.C31H37Cl2N5O7.Li.H2O/c1-32(2,3)46-31(44)36-14-13-25(40)39-21-11-7-19(8-12-21)27(39)29(42)38-24(30(43)45-4)15-18-5-9-20(10-6-18)37-28(41)26-22(33)16-35-17-23(26)34;1-31(2,3)45-30(44)35-13-12-24(39)38-20-10-6-18(7-11-20)26(38)28(41)37-23(29(42)43)14-17-4-8-19(9-5-17)36-27(40)25-21(32)15-34-16-22(25)33;;/h5-6,9-10,16-17,19,21,24,27H,7-8,11-15H2,1-4H3,(H,36,44)(H,37,41)(H,38,42);4-5,8-9,15-16,18,20,23,26H,6-7,10-14H2,1-3H3,(H,35,44)(H,36,40)(H,37,41)(H,42,43);;1H2/q;;+1;/p-1/t19?,21?,24-,27?;18?,20?,23-,26?;;/m00../s1. The molecule has 10 rings (SSSR count). The summed E-state index contributed by atoms with van der Waals surface area (Å²) >= 11 is 24.3. The third-order valence-corrected chi connectivity index (χ3v) is 16.9. The minimum atomic E-state index is -1.25. The number of aromatic nitrogens is 2. The number of ether oxygens (including phenoxy) is 3. The van der Waals surface area contributed by atoms with Gasteiger partial charge in [-0.25, -0.2) is 19.2 Å². The normalized spacial score (nSPS) is 19.2. The average molecular weight is 1360 g/mol. The van der Waals surface area contributed by atoms with Crippen molar-refractivity contribution in [2.75, 3.05) is 30.8 Å². The van der Waals surface area contributed by atoms with Crippen molar-refractivity contribution in [1.29, 1.82) is 0 Å². The second-order valence-corrected chi connectivity index (χ2v) is 26.3. The minimum absolute atomic E-state index is 0. The molecule has 0 spiro atoms. The first kappa shape index (κ1) is 76.5. The third kappa shape index (κ3) is 21.4. The molecule has 8 N–H and O–H groups in total. The Morgan fingerprint density at radius 3 is 1.20 bits per heavy atom. The number of carboxylic acid groups (broad SMARTS) is 1. The van der Waals surface area contributed by atoms with Gasteiger partial charge < -0.3 is 66.5 Å². The van der Waals surface area contributed by atoms with Crippen LogP contribution < -0.4 is 50.8 Å². The molecule has 2 aromatic heterocycles. The van der Waals surface area contributed by atoms with E-state index in [1.54, 1.807) is 99.9 Å². The predicted octanol–water partition coefficient (Wildman–Crippen LogP) is 5.79. The van der Waals surface area contributed by atoms with Gasteiger partial charge in [0.2, 0.25) is 23.6 Å². The molecular formula is C63H77Cl4LiN10O15. The first-order valence-corrected chi connectivity index (χ1v) is 31.4. The minimum Gasteiger partial charge on any atom is -0.870 e. The molecule has 2 aliphatic carbocycles. The number of esters is 1. The number of benzene rings is 2. The number of rotatable bonds is 20. The molecule has 6 aliphatic rings. The first-order valence-electron chi connectivity index (χ1n) is 29.9. The molecule has 2 saturated carbocycles. The summed E-state index contributed by atoms with van der Waals surface area (Å²) in [5.41, 5.74) is 1.02. The second kappa shape index (κ2) is 34.3. The number of hydrogen-bond donors (Lipinski definition) is 7. The molecule has 8 amide bonds. The number of methoxy groups -OCH3 is 1. The largest absolute Gasteiger partial charge is 1.00 e. The van der Waals surface area contributed by atoms with Gasteiger partial charge in [-0.1, -0.05) is 70.7 Å². The van der Waals surface area contributed by atoms with Crippen LogP contribution in [0.1, 0.15) is 138 Å². The molecule has 498 valence electrons. The average Bonchev–Trinajstić information content (AvgIpc) is 0.795. The van der Waals surface area contributed by atoms with Crippen molar-refractivity contribution in [2.45, 2.75) is 166 Å². The Balaban J connectivity index is 0.000000330. The number of aliphatic carboxylic acids is 1. The maximum atomic E-state index is 13.8. The Labute approximate surface area is 571 Å². The second-order valence-electron chi connectivity index (χ2n) is 24.6. The van der Waals surface area contributed by atoms with Crippen LogP contribution >= 0.6 is 46.4 Å². The van der Waals surface area contributed by atoms with Crippen LogP contribution in [0.25, 0.3) is 0 Å². The van der Waals surface area contributed by atoms with Crippen molar-refractivity contribution in [3.63, 3.8) is 0 Å². The van der Waals surface area contributed by atoms with E-state index in [-0.39, 0.29) is 130 Å². The van der Waals surface area contributed by atoms with Gasteiger partial charge in [0.05, 0.1) is 38.3 Å². The zero-order valence-corrected chi connectivity index (χ0v) is 56.0. The summed E-state index contributed by atoms with van der Waals surface area (Å²) in [6.07, 6.45) is 10.4. The van der Waals surface area contributed by atoms with E-state index in [0.29, 0.717) is 22.5 Å². The number of carboxylic acids is 1. The fraction of sp³-hybridized carbons (Fsp3) is 0.492. The number of carbonyl (C=O) groups is 10. The summed E-state index contributed by atoms with van der Waals surface area (Å²) in [5.74, 6) is -4.48. The van der Waals surface area contributed by atoms with Crippen molar-refractivity contribution in [3.05, 3.63) is 116 Å². The number of carbonyl (C=O) groups excluding carboxylic acids is 9. The van der Waals surface area contributed by atoms with Crippen LogP contribution in [0, 0.1) is 11.8 Å². The SMILES string of the molecule is CC(C)(C)OC(=O)NCCC(=O)N1C2CCC(CC2)C1C(=O)N[C@@H](Cc1ccc(NC(=O)c2c(Cl)cncc2Cl)cc1)C(=O)O.COC(=O)[C@H](Cc1ccc(NC(=O)c2c(Cl)cncc2Cl)cc1)NC(=O)C1C2CCC(CC2)N1C(=O)CCNC(=O)OC(C)(C)C.[Li+].[OH-]. The molecule has 4 saturated heterocycles. The number of piperidine rings is 4. The molecule has 4 atom stereocenters. The van der Waals surface area contributed by atoms with E-state index >= 15 is 0 Å². The van der Waals surface area contributed by atoms with E-state index in [4.69, 9.17) is 60.6 Å². The molecule has 4 bridgehead atoms. The molecule has 6 fully saturated rings. The van der Waals surface area contributed by atoms with E-state index in [2.05, 4.69) is 41.9 Å². The summed E-state index contributed by atoms with van der Waals surface area (Å²) < 4.78 is 15.4. The molecule has 6 heterocycles. The van der Waals surface area contributed by atoms with E-state index < -0.39 is 83.1 Å². The van der Waals surface area contributed by atoms with Crippen molar-refractivity contribution in [3.8, 4) is 0 Å². The Bertz CT molecular complexity index is 3300. The third-order valence-electron chi connectivity index (χ3n) is 15.8. The maximum Gasteiger partial charge on any atom is 1.00 e. The Morgan fingerprint density at radius 1 is 0.548 bits per heavy atom. The van der Waals surface area contributed by atoms with Crippen LogP contribution in [-0.4, -0.2) is 158 Å². The van der Waals surface area contributed by atoms with Gasteiger partial charge in [0.1, 0.15) is 35.4 Å². The number of anilines is 2. The molecule has 2 unspecified atom stereocenters. The number of halogens is 4. The number of nitrogens with zero attached hydrogens (tertiary/aromatic N) is 4. The summed E-state index contributed by atoms with van der Waals surface area (Å²) in [5, 5.41) is 26.5. The van der Waals surface area contributed by atoms with Crippen LogP contribution in [0.3, 0.4) is 0 Å². The number of pyridine rings is 2. The molecular weight excluding hydrogens is 1290 g/mol. The smallest absolute Gasteiger partial charge is 0.870 e. The van der Waals surface area contributed by atoms with Crippen molar-refractivity contribution in [2.24, 2.45) is 11.8 Å². The molecule has 0 radical (unpaired) electrons. The van der Waals surface area contributed by atoms with Crippen LogP contribution in [0.15, 0.2) is 73.3 Å². The molecule has 25 nitrogen and oxygen atoms in total. The van der Waals surface area contributed by atoms with Crippen LogP contribution in [0.4, 0.5) is 21.0 Å². The van der Waals surface area contributed by atoms with Crippen molar-refractivity contribution >= 4 is 117 Å². The zero-order chi connectivity index (χ0) is 66.5. The Morgan fingerprint density at radius 2 is 0.882 bits per heavy atom. The Kier molecular flexibility index (Phi) is 28.2. The number of nitrogens with one attached hydrogen (secondary N) is 6. The maximum absolute atomic E-state index is 13.8. The Hall–Kier alpha value is -7.24. The molecule has 93 heavy (non-hydrogen) atoms. The van der Waals surface area contributed by atoms with Crippen LogP contribution in [-0.2, 0) is 55.8 Å². The quantitative estimate of drug-likeness (QED) is 0.0313. The zero-order valence-electron chi connectivity index (χ0n) is 52.9. The van der Waals surface area contributed by atoms with Gasteiger partial charge in [0.25, 0.3) is 11.8 Å². The van der Waals surface area contributed by atoms with Gasteiger partial charge in [-0.15, -0.1) is 0 Å². The summed E-state index contributed by atoms with van der Waals surface area (Å²) in [7, 11) is 1.24. The number of fused-ring (bicyclic) bond motifs is 6. The van der Waals surface area contributed by atoms with Gasteiger partial charge in [0.15, 0.2) is 0 Å². The fourth-order valence-corrected chi connectivity index (χ4v) is 12.8. The molecule has 4 aromatic rings. The van der Waals surface area contributed by atoms with E-state index in [0.717, 1.165) is 51.4 Å². The predicted molar refractivity (Wildman–Crippen MR) is 341 cm³/mol. The summed E-state index contributed by atoms with van der Waals surface area (Å²) in [4.78, 5) is 139. The topological polar surface area (TPSA) is 353 Å². The van der Waals surface area contributed by atoms with E-state index in [1.165, 1.54) is 31.9 Å². The van der Waals surface area contributed by atoms with E-state index in [9.17, 15) is 53.1 Å². The van der Waals surface area contributed by atoms with Crippen molar-refractivity contribution < 1.29 is 91.6 Å². The monoisotopic (exact) mass is 1360 g/mol. The first-order chi connectivity index (χ1) is 43.0.